The normalized spacial score (nSPS) is 16.7. The third-order valence-electron chi connectivity index (χ3n) is 3.52. The molecule has 1 aromatic rings. The van der Waals surface area contributed by atoms with Crippen molar-refractivity contribution in [2.24, 2.45) is 5.16 Å². The van der Waals surface area contributed by atoms with Gasteiger partial charge in [-0.15, -0.1) is 0 Å². The Morgan fingerprint density at radius 1 is 0.967 bits per heavy atom. The second-order valence-corrected chi connectivity index (χ2v) is 9.20. The third kappa shape index (κ3) is 4.30. The van der Waals surface area contributed by atoms with Crippen molar-refractivity contribution in [1.82, 2.24) is 8.61 Å². The molecule has 2 rings (SSSR count). The zero-order valence-corrected chi connectivity index (χ0v) is 16.0. The van der Waals surface area contributed by atoms with Crippen LogP contribution in [0.5, 0.6) is 0 Å². The first-order valence-electron chi connectivity index (χ1n) is 7.33. The molecular weight excluding hydrogens is 475 g/mol. The quantitative estimate of drug-likeness (QED) is 0.363. The topological polar surface area (TPSA) is 96.3 Å². The maximum absolute atomic E-state index is 13.2. The minimum absolute atomic E-state index is 0.0311. The maximum Gasteiger partial charge on any atom is 0.516 e. The molecule has 0 aliphatic carbocycles. The Balaban J connectivity index is 2.46. The standard InChI is InChI=1S/C13H10F7N3O5S2/c1-8-2-3-10(14)6-9(8)7-21-28-11-22(29(24,25)12(15,16)17)4-5-23(11)30(26,27)13(18,19)20/h2-7,11H,1H3/b21-7+. The van der Waals surface area contributed by atoms with Gasteiger partial charge in [0.05, 0.1) is 6.21 Å². The molecule has 0 unspecified atom stereocenters. The van der Waals surface area contributed by atoms with Crippen LogP contribution >= 0.6 is 0 Å². The lowest BCUT2D eigenvalue weighted by atomic mass is 10.1. The van der Waals surface area contributed by atoms with Crippen LogP contribution < -0.4 is 0 Å². The number of hydrogen-bond acceptors (Lipinski definition) is 6. The van der Waals surface area contributed by atoms with Crippen LogP contribution in [0.15, 0.2) is 35.8 Å². The summed E-state index contributed by atoms with van der Waals surface area (Å²) in [6, 6.07) is 3.18. The number of rotatable bonds is 5. The van der Waals surface area contributed by atoms with E-state index >= 15 is 0 Å². The number of alkyl halides is 6. The van der Waals surface area contributed by atoms with E-state index in [1.54, 1.807) is 0 Å². The highest BCUT2D eigenvalue weighted by atomic mass is 32.2. The van der Waals surface area contributed by atoms with Gasteiger partial charge in [-0.25, -0.2) is 13.0 Å². The molecule has 1 aliphatic heterocycles. The van der Waals surface area contributed by atoms with Crippen LogP contribution in [0.3, 0.4) is 0 Å². The van der Waals surface area contributed by atoms with Gasteiger partial charge in [0.2, 0.25) is 0 Å². The average Bonchev–Trinajstić information content (AvgIpc) is 3.01. The second-order valence-electron chi connectivity index (χ2n) is 5.53. The third-order valence-corrected chi connectivity index (χ3v) is 6.41. The summed E-state index contributed by atoms with van der Waals surface area (Å²) in [7, 11) is -12.7. The predicted molar refractivity (Wildman–Crippen MR) is 86.4 cm³/mol. The first-order chi connectivity index (χ1) is 13.5. The SMILES string of the molecule is Cc1ccc(F)cc1/C=N/OC1N(S(=O)(=O)C(F)(F)F)C=CN1S(=O)(=O)C(F)(F)F. The number of halogens is 7. The largest absolute Gasteiger partial charge is 0.516 e. The van der Waals surface area contributed by atoms with Gasteiger partial charge in [0.1, 0.15) is 5.82 Å². The fourth-order valence-electron chi connectivity index (χ4n) is 2.01. The van der Waals surface area contributed by atoms with Gasteiger partial charge in [-0.1, -0.05) is 11.2 Å². The monoisotopic (exact) mass is 485 g/mol. The molecular formula is C13H10F7N3O5S2. The lowest BCUT2D eigenvalue weighted by Gasteiger charge is -2.29. The molecule has 1 aliphatic rings. The van der Waals surface area contributed by atoms with Gasteiger partial charge in [0.15, 0.2) is 0 Å². The highest BCUT2D eigenvalue weighted by molar-refractivity contribution is 7.91. The summed E-state index contributed by atoms with van der Waals surface area (Å²) in [5, 5.41) is 3.04. The van der Waals surface area contributed by atoms with Gasteiger partial charge in [-0.05, 0) is 24.6 Å². The summed E-state index contributed by atoms with van der Waals surface area (Å²) in [4.78, 5) is 4.37. The Bertz CT molecular complexity index is 1030. The number of oxime groups is 1. The van der Waals surface area contributed by atoms with E-state index in [4.69, 9.17) is 0 Å². The minimum atomic E-state index is -6.36. The van der Waals surface area contributed by atoms with Gasteiger partial charge in [0.25, 0.3) is 0 Å². The van der Waals surface area contributed by atoms with E-state index in [0.717, 1.165) is 12.1 Å². The molecule has 1 aromatic carbocycles. The lowest BCUT2D eigenvalue weighted by molar-refractivity contribution is -0.0822. The first kappa shape index (κ1) is 23.7. The summed E-state index contributed by atoms with van der Waals surface area (Å²) in [6.45, 7) is 1.44. The second kappa shape index (κ2) is 7.60. The van der Waals surface area contributed by atoms with E-state index in [-0.39, 0.29) is 18.0 Å². The van der Waals surface area contributed by atoms with Crippen molar-refractivity contribution in [3.05, 3.63) is 47.5 Å². The Kier molecular flexibility index (Phi) is 6.01. The molecule has 8 nitrogen and oxygen atoms in total. The molecule has 1 heterocycles. The zero-order valence-electron chi connectivity index (χ0n) is 14.4. The lowest BCUT2D eigenvalue weighted by Crippen LogP contribution is -2.51. The molecule has 30 heavy (non-hydrogen) atoms. The van der Waals surface area contributed by atoms with Crippen molar-refractivity contribution in [1.29, 1.82) is 0 Å². The number of aryl methyl sites for hydroxylation is 1. The van der Waals surface area contributed by atoms with Crippen LogP contribution in [0.2, 0.25) is 0 Å². The summed E-state index contributed by atoms with van der Waals surface area (Å²) in [6.07, 6.45) is -2.54. The van der Waals surface area contributed by atoms with E-state index in [0.29, 0.717) is 11.8 Å². The minimum Gasteiger partial charge on any atom is -0.345 e. The van der Waals surface area contributed by atoms with Crippen LogP contribution in [0, 0.1) is 12.7 Å². The molecule has 0 aromatic heterocycles. The Hall–Kier alpha value is -2.56. The first-order valence-corrected chi connectivity index (χ1v) is 10.2. The highest BCUT2D eigenvalue weighted by Crippen LogP contribution is 2.37. The van der Waals surface area contributed by atoms with Crippen LogP contribution in [0.25, 0.3) is 0 Å². The van der Waals surface area contributed by atoms with Crippen LogP contribution in [-0.4, -0.2) is 49.0 Å². The molecule has 0 bridgehead atoms. The Morgan fingerprint density at radius 3 is 1.87 bits per heavy atom. The smallest absolute Gasteiger partial charge is 0.345 e. The molecule has 0 fully saturated rings. The molecule has 0 saturated heterocycles. The van der Waals surface area contributed by atoms with Crippen LogP contribution in [0.4, 0.5) is 30.7 Å². The van der Waals surface area contributed by atoms with Crippen molar-refractivity contribution in [3.63, 3.8) is 0 Å². The van der Waals surface area contributed by atoms with Crippen molar-refractivity contribution < 1.29 is 52.4 Å². The molecule has 0 amide bonds. The molecule has 0 saturated carbocycles. The van der Waals surface area contributed by atoms with Gasteiger partial charge >= 0.3 is 37.4 Å². The Labute approximate surface area is 164 Å². The molecule has 168 valence electrons. The van der Waals surface area contributed by atoms with E-state index in [9.17, 15) is 47.6 Å². The summed E-state index contributed by atoms with van der Waals surface area (Å²) in [5.74, 6) is -0.771. The van der Waals surface area contributed by atoms with Gasteiger partial charge in [0, 0.05) is 18.0 Å². The predicted octanol–water partition coefficient (Wildman–Crippen LogP) is 2.56. The fourth-order valence-corrected chi connectivity index (χ4v) is 3.73. The summed E-state index contributed by atoms with van der Waals surface area (Å²) in [5.41, 5.74) is -11.7. The number of nitrogens with zero attached hydrogens (tertiary/aromatic N) is 3. The molecule has 0 spiro atoms. The number of sulfonamides is 2. The van der Waals surface area contributed by atoms with Gasteiger partial charge in [-0.2, -0.15) is 43.2 Å². The van der Waals surface area contributed by atoms with E-state index in [1.165, 1.54) is 13.0 Å². The van der Waals surface area contributed by atoms with Crippen molar-refractivity contribution in [3.8, 4) is 0 Å². The molecule has 0 radical (unpaired) electrons. The molecule has 17 heteroatoms. The summed E-state index contributed by atoms with van der Waals surface area (Å²) >= 11 is 0. The van der Waals surface area contributed by atoms with E-state index < -0.39 is 51.8 Å². The highest BCUT2D eigenvalue weighted by Gasteiger charge is 2.59. The van der Waals surface area contributed by atoms with Crippen LogP contribution in [0.1, 0.15) is 11.1 Å². The number of hydrogen-bond donors (Lipinski definition) is 0. The van der Waals surface area contributed by atoms with E-state index in [2.05, 4.69) is 9.99 Å². The zero-order chi connectivity index (χ0) is 23.1. The Morgan fingerprint density at radius 2 is 1.43 bits per heavy atom. The molecule has 0 atom stereocenters. The average molecular weight is 485 g/mol. The van der Waals surface area contributed by atoms with E-state index in [1.807, 2.05) is 0 Å². The number of benzene rings is 1. The fraction of sp³-hybridized carbons (Fsp3) is 0.308. The molecule has 0 N–H and O–H groups in total. The van der Waals surface area contributed by atoms with Gasteiger partial charge in [-0.3, -0.25) is 0 Å². The van der Waals surface area contributed by atoms with Crippen molar-refractivity contribution >= 4 is 26.3 Å². The summed E-state index contributed by atoms with van der Waals surface area (Å²) < 4.78 is 135. The van der Waals surface area contributed by atoms with Gasteiger partial charge < -0.3 is 4.84 Å². The van der Waals surface area contributed by atoms with Crippen molar-refractivity contribution in [2.75, 3.05) is 0 Å². The maximum atomic E-state index is 13.2. The van der Waals surface area contributed by atoms with Crippen LogP contribution in [-0.2, 0) is 24.9 Å². The van der Waals surface area contributed by atoms with Crippen molar-refractivity contribution in [2.45, 2.75) is 24.3 Å².